The zero-order valence-electron chi connectivity index (χ0n) is 14.2. The van der Waals surface area contributed by atoms with Crippen molar-refractivity contribution in [3.05, 3.63) is 56.1 Å². The van der Waals surface area contributed by atoms with Crippen molar-refractivity contribution in [2.24, 2.45) is 0 Å². The van der Waals surface area contributed by atoms with Crippen molar-refractivity contribution in [2.45, 2.75) is 39.5 Å². The SMILES string of the molecule is Cc1csc(=O)n1CC(=O)O[C@H](C)C(=O)N1CCc2ccccc2C1. The molecule has 25 heavy (non-hydrogen) atoms. The summed E-state index contributed by atoms with van der Waals surface area (Å²) in [6.45, 7) is 4.30. The van der Waals surface area contributed by atoms with E-state index in [0.29, 0.717) is 18.8 Å². The molecule has 132 valence electrons. The second-order valence-corrected chi connectivity index (χ2v) is 6.96. The molecule has 0 saturated carbocycles. The van der Waals surface area contributed by atoms with Gasteiger partial charge in [0.15, 0.2) is 6.10 Å². The Bertz CT molecular complexity index is 855. The van der Waals surface area contributed by atoms with E-state index < -0.39 is 12.1 Å². The third-order valence-electron chi connectivity index (χ3n) is 4.36. The number of ether oxygens (including phenoxy) is 1. The number of carbonyl (C=O) groups is 2. The first-order valence-electron chi connectivity index (χ1n) is 8.15. The minimum atomic E-state index is -0.868. The number of hydrogen-bond donors (Lipinski definition) is 0. The molecule has 3 rings (SSSR count). The topological polar surface area (TPSA) is 68.6 Å². The van der Waals surface area contributed by atoms with Gasteiger partial charge in [-0.1, -0.05) is 35.6 Å². The molecule has 0 N–H and O–H groups in total. The van der Waals surface area contributed by atoms with Crippen molar-refractivity contribution < 1.29 is 14.3 Å². The molecule has 0 aliphatic carbocycles. The van der Waals surface area contributed by atoms with Gasteiger partial charge in [0, 0.05) is 24.2 Å². The number of hydrogen-bond acceptors (Lipinski definition) is 5. The molecule has 7 heteroatoms. The summed E-state index contributed by atoms with van der Waals surface area (Å²) in [5.41, 5.74) is 3.09. The van der Waals surface area contributed by atoms with E-state index in [4.69, 9.17) is 4.74 Å². The zero-order valence-corrected chi connectivity index (χ0v) is 15.0. The fourth-order valence-electron chi connectivity index (χ4n) is 2.95. The monoisotopic (exact) mass is 360 g/mol. The predicted molar refractivity (Wildman–Crippen MR) is 94.4 cm³/mol. The Morgan fingerprint density at radius 3 is 2.68 bits per heavy atom. The summed E-state index contributed by atoms with van der Waals surface area (Å²) in [5.74, 6) is -0.792. The Hall–Kier alpha value is -2.41. The molecule has 2 heterocycles. The second-order valence-electron chi connectivity index (χ2n) is 6.14. The van der Waals surface area contributed by atoms with Crippen molar-refractivity contribution in [3.8, 4) is 0 Å². The lowest BCUT2D eigenvalue weighted by Crippen LogP contribution is -2.43. The van der Waals surface area contributed by atoms with Crippen molar-refractivity contribution in [3.63, 3.8) is 0 Å². The van der Waals surface area contributed by atoms with Crippen LogP contribution in [0.15, 0.2) is 34.4 Å². The average molecular weight is 360 g/mol. The Kier molecular flexibility index (Phi) is 5.03. The van der Waals surface area contributed by atoms with Crippen LogP contribution in [0.3, 0.4) is 0 Å². The minimum Gasteiger partial charge on any atom is -0.451 e. The van der Waals surface area contributed by atoms with Crippen LogP contribution in [0.5, 0.6) is 0 Å². The van der Waals surface area contributed by atoms with Gasteiger partial charge in [-0.25, -0.2) is 0 Å². The number of fused-ring (bicyclic) bond motifs is 1. The van der Waals surface area contributed by atoms with Gasteiger partial charge in [0.1, 0.15) is 6.54 Å². The van der Waals surface area contributed by atoms with Gasteiger partial charge in [-0.15, -0.1) is 0 Å². The third-order valence-corrected chi connectivity index (χ3v) is 5.24. The number of rotatable bonds is 4. The largest absolute Gasteiger partial charge is 0.451 e. The summed E-state index contributed by atoms with van der Waals surface area (Å²) in [7, 11) is 0. The average Bonchev–Trinajstić information content (AvgIpc) is 2.92. The molecule has 0 unspecified atom stereocenters. The number of nitrogens with zero attached hydrogens (tertiary/aromatic N) is 2. The van der Waals surface area contributed by atoms with Gasteiger partial charge in [-0.3, -0.25) is 19.0 Å². The number of benzene rings is 1. The van der Waals surface area contributed by atoms with Gasteiger partial charge >= 0.3 is 10.8 Å². The quantitative estimate of drug-likeness (QED) is 0.779. The summed E-state index contributed by atoms with van der Waals surface area (Å²) >= 11 is 1.04. The first kappa shape index (κ1) is 17.4. The predicted octanol–water partition coefficient (Wildman–Crippen LogP) is 1.73. The maximum Gasteiger partial charge on any atom is 0.326 e. The molecule has 0 saturated heterocycles. The van der Waals surface area contributed by atoms with E-state index in [9.17, 15) is 14.4 Å². The molecule has 1 aromatic heterocycles. The minimum absolute atomic E-state index is 0.172. The van der Waals surface area contributed by atoms with Gasteiger partial charge in [0.2, 0.25) is 0 Å². The van der Waals surface area contributed by atoms with Crippen LogP contribution < -0.4 is 4.87 Å². The van der Waals surface area contributed by atoms with Gasteiger partial charge in [0.25, 0.3) is 5.91 Å². The van der Waals surface area contributed by atoms with Crippen LogP contribution >= 0.6 is 11.3 Å². The highest BCUT2D eigenvalue weighted by Gasteiger charge is 2.27. The lowest BCUT2D eigenvalue weighted by molar-refractivity contribution is -0.160. The molecular weight excluding hydrogens is 340 g/mol. The summed E-state index contributed by atoms with van der Waals surface area (Å²) in [6.07, 6.45) is -0.0705. The molecule has 1 amide bonds. The van der Waals surface area contributed by atoms with E-state index in [0.717, 1.165) is 23.3 Å². The highest BCUT2D eigenvalue weighted by Crippen LogP contribution is 2.19. The number of esters is 1. The van der Waals surface area contributed by atoms with Crippen LogP contribution in [0, 0.1) is 6.92 Å². The lowest BCUT2D eigenvalue weighted by atomic mass is 9.99. The fraction of sp³-hybridized carbons (Fsp3) is 0.389. The van der Waals surface area contributed by atoms with Crippen molar-refractivity contribution in [1.82, 2.24) is 9.47 Å². The lowest BCUT2D eigenvalue weighted by Gasteiger charge is -2.30. The first-order valence-corrected chi connectivity index (χ1v) is 9.03. The van der Waals surface area contributed by atoms with E-state index in [1.165, 1.54) is 10.1 Å². The van der Waals surface area contributed by atoms with E-state index in [-0.39, 0.29) is 17.3 Å². The van der Waals surface area contributed by atoms with Crippen LogP contribution in [0.1, 0.15) is 23.7 Å². The van der Waals surface area contributed by atoms with Crippen LogP contribution in [-0.2, 0) is 33.8 Å². The molecule has 0 fully saturated rings. The van der Waals surface area contributed by atoms with Gasteiger partial charge in [-0.05, 0) is 31.4 Å². The molecule has 1 aliphatic heterocycles. The highest BCUT2D eigenvalue weighted by atomic mass is 32.1. The molecule has 1 atom stereocenters. The number of thiazole rings is 1. The van der Waals surface area contributed by atoms with Crippen LogP contribution in [-0.4, -0.2) is 34.0 Å². The van der Waals surface area contributed by atoms with Crippen LogP contribution in [0.4, 0.5) is 0 Å². The van der Waals surface area contributed by atoms with Gasteiger partial charge in [-0.2, -0.15) is 0 Å². The van der Waals surface area contributed by atoms with E-state index in [1.807, 2.05) is 18.2 Å². The number of aromatic nitrogens is 1. The maximum atomic E-state index is 12.6. The first-order chi connectivity index (χ1) is 12.0. The normalized spacial score (nSPS) is 14.7. The van der Waals surface area contributed by atoms with Crippen LogP contribution in [0.25, 0.3) is 0 Å². The van der Waals surface area contributed by atoms with E-state index >= 15 is 0 Å². The van der Waals surface area contributed by atoms with Gasteiger partial charge < -0.3 is 9.64 Å². The summed E-state index contributed by atoms with van der Waals surface area (Å²) in [4.78, 5) is 37.8. The summed E-state index contributed by atoms with van der Waals surface area (Å²) in [6, 6.07) is 8.03. The maximum absolute atomic E-state index is 12.6. The Morgan fingerprint density at radius 1 is 1.28 bits per heavy atom. The Labute approximate surface area is 149 Å². The molecule has 2 aromatic rings. The molecule has 0 bridgehead atoms. The summed E-state index contributed by atoms with van der Waals surface area (Å²) < 4.78 is 6.60. The van der Waals surface area contributed by atoms with Crippen molar-refractivity contribution >= 4 is 23.2 Å². The second kappa shape index (κ2) is 7.23. The van der Waals surface area contributed by atoms with Crippen LogP contribution in [0.2, 0.25) is 0 Å². The Morgan fingerprint density at radius 2 is 2.00 bits per heavy atom. The third kappa shape index (κ3) is 3.82. The van der Waals surface area contributed by atoms with Crippen molar-refractivity contribution in [1.29, 1.82) is 0 Å². The Balaban J connectivity index is 1.60. The highest BCUT2D eigenvalue weighted by molar-refractivity contribution is 7.07. The molecular formula is C18H20N2O4S. The zero-order chi connectivity index (χ0) is 18.0. The fourth-order valence-corrected chi connectivity index (χ4v) is 3.69. The molecule has 1 aliphatic rings. The smallest absolute Gasteiger partial charge is 0.326 e. The van der Waals surface area contributed by atoms with E-state index in [2.05, 4.69) is 6.07 Å². The van der Waals surface area contributed by atoms with Gasteiger partial charge in [0.05, 0.1) is 0 Å². The molecule has 0 radical (unpaired) electrons. The number of amides is 1. The van der Waals surface area contributed by atoms with Crippen molar-refractivity contribution in [2.75, 3.05) is 6.54 Å². The number of carbonyl (C=O) groups excluding carboxylic acids is 2. The molecule has 6 nitrogen and oxygen atoms in total. The number of aryl methyl sites for hydroxylation is 1. The molecule has 0 spiro atoms. The molecule has 1 aromatic carbocycles. The van der Waals surface area contributed by atoms with E-state index in [1.54, 1.807) is 24.1 Å². The standard InChI is InChI=1S/C18H20N2O4S/c1-12-11-25-18(23)20(12)10-16(21)24-13(2)17(22)19-8-7-14-5-3-4-6-15(14)9-19/h3-6,11,13H,7-10H2,1-2H3/t13-/m1/s1. The summed E-state index contributed by atoms with van der Waals surface area (Å²) in [5, 5.41) is 1.69.